The van der Waals surface area contributed by atoms with Crippen LogP contribution in [0.5, 0.6) is 5.75 Å². The molecule has 0 saturated heterocycles. The van der Waals surface area contributed by atoms with E-state index < -0.39 is 0 Å². The van der Waals surface area contributed by atoms with E-state index in [1.54, 1.807) is 0 Å². The molecule has 2 rings (SSSR count). The highest BCUT2D eigenvalue weighted by Gasteiger charge is 1.97. The fraction of sp³-hybridized carbons (Fsp3) is 0.455. The van der Waals surface area contributed by atoms with E-state index in [-0.39, 0.29) is 0 Å². The maximum atomic E-state index is 5.82. The largest absolute Gasteiger partial charge is 0.489 e. The Morgan fingerprint density at radius 2 is 1.46 bits per heavy atom. The summed E-state index contributed by atoms with van der Waals surface area (Å²) < 4.78 is 5.82. The summed E-state index contributed by atoms with van der Waals surface area (Å²) in [6, 6.07) is 18.7. The fourth-order valence-corrected chi connectivity index (χ4v) is 2.71. The molecule has 2 aromatic carbocycles. The van der Waals surface area contributed by atoms with E-state index in [4.69, 9.17) is 4.74 Å². The smallest absolute Gasteiger partial charge is 0.119 e. The topological polar surface area (TPSA) is 21.3 Å². The molecule has 0 spiro atoms. The van der Waals surface area contributed by atoms with E-state index in [0.717, 1.165) is 18.8 Å². The molecule has 1 N–H and O–H groups in total. The van der Waals surface area contributed by atoms with Crippen molar-refractivity contribution in [2.24, 2.45) is 0 Å². The van der Waals surface area contributed by atoms with E-state index in [9.17, 15) is 0 Å². The molecule has 0 aliphatic heterocycles. The number of nitrogens with one attached hydrogen (secondary N) is 1. The van der Waals surface area contributed by atoms with Gasteiger partial charge in [0.05, 0.1) is 0 Å². The standard InChI is InChI=1S/C22H31NO/c1-2-3-4-5-6-10-17-23-18-20-13-15-22(16-14-20)24-19-21-11-8-7-9-12-21/h7-9,11-16,23H,2-6,10,17-19H2,1H3. The van der Waals surface area contributed by atoms with Crippen molar-refractivity contribution in [1.29, 1.82) is 0 Å². The van der Waals surface area contributed by atoms with E-state index in [2.05, 4.69) is 48.6 Å². The first kappa shape index (κ1) is 18.5. The highest BCUT2D eigenvalue weighted by molar-refractivity contribution is 5.27. The molecule has 0 amide bonds. The van der Waals surface area contributed by atoms with Gasteiger partial charge in [-0.15, -0.1) is 0 Å². The van der Waals surface area contributed by atoms with Crippen molar-refractivity contribution < 1.29 is 4.74 Å². The average Bonchev–Trinajstić information content (AvgIpc) is 2.64. The zero-order valence-corrected chi connectivity index (χ0v) is 15.0. The van der Waals surface area contributed by atoms with Gasteiger partial charge in [-0.05, 0) is 36.2 Å². The minimum atomic E-state index is 0.621. The highest BCUT2D eigenvalue weighted by Crippen LogP contribution is 2.14. The lowest BCUT2D eigenvalue weighted by Gasteiger charge is -2.08. The highest BCUT2D eigenvalue weighted by atomic mass is 16.5. The summed E-state index contributed by atoms with van der Waals surface area (Å²) in [5.41, 5.74) is 2.51. The van der Waals surface area contributed by atoms with Crippen molar-refractivity contribution in [1.82, 2.24) is 5.32 Å². The van der Waals surface area contributed by atoms with Crippen molar-refractivity contribution in [3.63, 3.8) is 0 Å². The van der Waals surface area contributed by atoms with Crippen molar-refractivity contribution in [3.05, 3.63) is 65.7 Å². The van der Waals surface area contributed by atoms with E-state index >= 15 is 0 Å². The van der Waals surface area contributed by atoms with Gasteiger partial charge in [-0.25, -0.2) is 0 Å². The fourth-order valence-electron chi connectivity index (χ4n) is 2.71. The SMILES string of the molecule is CCCCCCCCNCc1ccc(OCc2ccccc2)cc1. The lowest BCUT2D eigenvalue weighted by Crippen LogP contribution is -2.14. The molecule has 0 unspecified atom stereocenters. The Labute approximate surface area is 147 Å². The van der Waals surface area contributed by atoms with Gasteiger partial charge in [0.15, 0.2) is 0 Å². The Morgan fingerprint density at radius 3 is 2.21 bits per heavy atom. The molecule has 0 aromatic heterocycles. The van der Waals surface area contributed by atoms with Crippen LogP contribution in [0.25, 0.3) is 0 Å². The quantitative estimate of drug-likeness (QED) is 0.504. The van der Waals surface area contributed by atoms with E-state index in [1.807, 2.05) is 18.2 Å². The molecule has 0 saturated carbocycles. The summed E-state index contributed by atoms with van der Waals surface area (Å²) in [5.74, 6) is 0.929. The molecular weight excluding hydrogens is 294 g/mol. The van der Waals surface area contributed by atoms with Crippen LogP contribution in [0.15, 0.2) is 54.6 Å². The number of hydrogen-bond acceptors (Lipinski definition) is 2. The molecule has 0 aliphatic rings. The molecule has 2 nitrogen and oxygen atoms in total. The average molecular weight is 325 g/mol. The van der Waals surface area contributed by atoms with Crippen LogP contribution in [0.1, 0.15) is 56.6 Å². The van der Waals surface area contributed by atoms with Gasteiger partial charge < -0.3 is 10.1 Å². The van der Waals surface area contributed by atoms with Gasteiger partial charge in [-0.2, -0.15) is 0 Å². The van der Waals surface area contributed by atoms with Crippen LogP contribution in [0.4, 0.5) is 0 Å². The van der Waals surface area contributed by atoms with Crippen LogP contribution in [0.2, 0.25) is 0 Å². The van der Waals surface area contributed by atoms with Crippen molar-refractivity contribution in [2.75, 3.05) is 6.54 Å². The van der Waals surface area contributed by atoms with E-state index in [1.165, 1.54) is 49.7 Å². The summed E-state index contributed by atoms with van der Waals surface area (Å²) in [6.07, 6.45) is 8.10. The minimum Gasteiger partial charge on any atom is -0.489 e. The van der Waals surface area contributed by atoms with Gasteiger partial charge in [-0.3, -0.25) is 0 Å². The predicted octanol–water partition coefficient (Wildman–Crippen LogP) is 5.72. The third-order valence-electron chi connectivity index (χ3n) is 4.21. The summed E-state index contributed by atoms with van der Waals surface area (Å²) in [4.78, 5) is 0. The number of rotatable bonds is 12. The molecule has 0 heterocycles. The molecule has 24 heavy (non-hydrogen) atoms. The minimum absolute atomic E-state index is 0.621. The molecule has 2 heteroatoms. The maximum absolute atomic E-state index is 5.82. The van der Waals surface area contributed by atoms with Crippen LogP contribution in [0, 0.1) is 0 Å². The Kier molecular flexibility index (Phi) is 9.03. The molecule has 0 bridgehead atoms. The first-order chi connectivity index (χ1) is 11.9. The predicted molar refractivity (Wildman–Crippen MR) is 102 cm³/mol. The Morgan fingerprint density at radius 1 is 0.750 bits per heavy atom. The monoisotopic (exact) mass is 325 g/mol. The van der Waals surface area contributed by atoms with Gasteiger partial charge >= 0.3 is 0 Å². The van der Waals surface area contributed by atoms with Crippen LogP contribution in [-0.4, -0.2) is 6.54 Å². The number of benzene rings is 2. The molecule has 0 fully saturated rings. The summed E-state index contributed by atoms with van der Waals surface area (Å²) in [6.45, 7) is 4.93. The normalized spacial score (nSPS) is 10.7. The summed E-state index contributed by atoms with van der Waals surface area (Å²) in [7, 11) is 0. The number of unbranched alkanes of at least 4 members (excludes halogenated alkanes) is 5. The van der Waals surface area contributed by atoms with Crippen LogP contribution < -0.4 is 10.1 Å². The van der Waals surface area contributed by atoms with Crippen LogP contribution in [0.3, 0.4) is 0 Å². The molecular formula is C22H31NO. The maximum Gasteiger partial charge on any atom is 0.119 e. The molecule has 0 radical (unpaired) electrons. The van der Waals surface area contributed by atoms with Crippen molar-refractivity contribution in [2.45, 2.75) is 58.6 Å². The molecule has 0 aliphatic carbocycles. The van der Waals surface area contributed by atoms with E-state index in [0.29, 0.717) is 6.61 Å². The third kappa shape index (κ3) is 7.65. The zero-order chi connectivity index (χ0) is 16.9. The van der Waals surface area contributed by atoms with Crippen LogP contribution in [-0.2, 0) is 13.2 Å². The van der Waals surface area contributed by atoms with Crippen LogP contribution >= 0.6 is 0 Å². The second-order valence-corrected chi connectivity index (χ2v) is 6.36. The first-order valence-electron chi connectivity index (χ1n) is 9.35. The van der Waals surface area contributed by atoms with Crippen molar-refractivity contribution >= 4 is 0 Å². The summed E-state index contributed by atoms with van der Waals surface area (Å²) in [5, 5.41) is 3.53. The Hall–Kier alpha value is -1.80. The second-order valence-electron chi connectivity index (χ2n) is 6.36. The first-order valence-corrected chi connectivity index (χ1v) is 9.35. The molecule has 2 aromatic rings. The number of ether oxygens (including phenoxy) is 1. The van der Waals surface area contributed by atoms with Crippen molar-refractivity contribution in [3.8, 4) is 5.75 Å². The lowest BCUT2D eigenvalue weighted by molar-refractivity contribution is 0.306. The molecule has 130 valence electrons. The molecule has 0 atom stereocenters. The Balaban J connectivity index is 1.58. The zero-order valence-electron chi connectivity index (χ0n) is 15.0. The third-order valence-corrected chi connectivity index (χ3v) is 4.21. The van der Waals surface area contributed by atoms with Gasteiger partial charge in [0.2, 0.25) is 0 Å². The van der Waals surface area contributed by atoms with Gasteiger partial charge in [0.25, 0.3) is 0 Å². The van der Waals surface area contributed by atoms with Gasteiger partial charge in [0.1, 0.15) is 12.4 Å². The van der Waals surface area contributed by atoms with Gasteiger partial charge in [-0.1, -0.05) is 81.5 Å². The number of hydrogen-bond donors (Lipinski definition) is 1. The Bertz CT molecular complexity index is 536. The lowest BCUT2D eigenvalue weighted by atomic mass is 10.1. The van der Waals surface area contributed by atoms with Gasteiger partial charge in [0, 0.05) is 6.54 Å². The second kappa shape index (κ2) is 11.7. The summed E-state index contributed by atoms with van der Waals surface area (Å²) >= 11 is 0.